The molecule has 2 rings (SSSR count). The van der Waals surface area contributed by atoms with Gasteiger partial charge in [-0.25, -0.2) is 14.4 Å². The van der Waals surface area contributed by atoms with E-state index >= 15 is 0 Å². The van der Waals surface area contributed by atoms with Crippen LogP contribution in [0.5, 0.6) is 0 Å². The Morgan fingerprint density at radius 2 is 1.86 bits per heavy atom. The minimum atomic E-state index is -1.53. The highest BCUT2D eigenvalue weighted by molar-refractivity contribution is 6.06. The predicted octanol–water partition coefficient (Wildman–Crippen LogP) is -2.02. The van der Waals surface area contributed by atoms with Gasteiger partial charge >= 0.3 is 18.1 Å². The molecule has 15 heteroatoms. The van der Waals surface area contributed by atoms with E-state index in [1.165, 1.54) is 0 Å². The van der Waals surface area contributed by atoms with E-state index in [1.54, 1.807) is 30.3 Å². The number of rotatable bonds is 11. The molecule has 0 radical (unpaired) electrons. The first-order chi connectivity index (χ1) is 16.6. The number of carbonyl (C=O) groups is 6. The van der Waals surface area contributed by atoms with Crippen LogP contribution in [0.25, 0.3) is 0 Å². The van der Waals surface area contributed by atoms with Crippen LogP contribution in [0, 0.1) is 0 Å². The van der Waals surface area contributed by atoms with Gasteiger partial charge in [0, 0.05) is 13.0 Å². The fourth-order valence-electron chi connectivity index (χ4n) is 2.91. The summed E-state index contributed by atoms with van der Waals surface area (Å²) in [6.07, 6.45) is -1.32. The third kappa shape index (κ3) is 8.64. The van der Waals surface area contributed by atoms with Crippen LogP contribution in [-0.4, -0.2) is 77.0 Å². The average molecular weight is 491 g/mol. The van der Waals surface area contributed by atoms with Crippen LogP contribution in [0.2, 0.25) is 0 Å². The summed E-state index contributed by atoms with van der Waals surface area (Å²) in [5.41, 5.74) is 10.9. The standard InChI is InChI=1S/C20H25N7O8/c21-18(22)26-14(28)7-6-12-16(30)27(19(33)24-12)9-15(29)23-8-13(17(31)32)25-20(34)35-10-11-4-2-1-3-5-11/h1-5,12-13H,6-10H2,(H,23,29)(H,24,33)(H,25,34)(H,31,32)(H4,21,22,26,28)/t12-,13-/m0/s1. The van der Waals surface area contributed by atoms with Gasteiger partial charge in [-0.05, 0) is 12.0 Å². The Morgan fingerprint density at radius 3 is 2.49 bits per heavy atom. The molecule has 15 nitrogen and oxygen atoms in total. The second-order valence-corrected chi connectivity index (χ2v) is 7.30. The second-order valence-electron chi connectivity index (χ2n) is 7.30. The molecule has 0 saturated carbocycles. The number of carboxylic acid groups (broad SMARTS) is 1. The summed E-state index contributed by atoms with van der Waals surface area (Å²) >= 11 is 0. The van der Waals surface area contributed by atoms with Crippen LogP contribution in [0.4, 0.5) is 9.59 Å². The van der Waals surface area contributed by atoms with Crippen molar-refractivity contribution in [3.8, 4) is 0 Å². The summed E-state index contributed by atoms with van der Waals surface area (Å²) in [5, 5.41) is 16.0. The number of imide groups is 1. The molecule has 6 amide bonds. The summed E-state index contributed by atoms with van der Waals surface area (Å²) < 4.78 is 4.95. The number of urea groups is 1. The summed E-state index contributed by atoms with van der Waals surface area (Å²) in [6, 6.07) is 5.25. The van der Waals surface area contributed by atoms with Gasteiger partial charge in [-0.15, -0.1) is 0 Å². The van der Waals surface area contributed by atoms with Crippen molar-refractivity contribution in [2.45, 2.75) is 31.5 Å². The summed E-state index contributed by atoms with van der Waals surface area (Å²) in [4.78, 5) is 75.3. The van der Waals surface area contributed by atoms with Crippen LogP contribution in [0.3, 0.4) is 0 Å². The summed E-state index contributed by atoms with van der Waals surface area (Å²) in [7, 11) is 0. The average Bonchev–Trinajstić information content (AvgIpc) is 3.06. The number of guanidine groups is 1. The molecule has 0 unspecified atom stereocenters. The van der Waals surface area contributed by atoms with Gasteiger partial charge in [0.15, 0.2) is 5.96 Å². The van der Waals surface area contributed by atoms with Crippen molar-refractivity contribution in [3.63, 3.8) is 0 Å². The van der Waals surface area contributed by atoms with E-state index in [0.29, 0.717) is 10.5 Å². The molecule has 8 N–H and O–H groups in total. The van der Waals surface area contributed by atoms with Gasteiger partial charge in [0.05, 0.1) is 0 Å². The second kappa shape index (κ2) is 12.5. The van der Waals surface area contributed by atoms with E-state index in [-0.39, 0.29) is 19.4 Å². The minimum absolute atomic E-state index is 0.0870. The van der Waals surface area contributed by atoms with Gasteiger partial charge in [0.25, 0.3) is 5.91 Å². The first kappa shape index (κ1) is 26.6. The zero-order chi connectivity index (χ0) is 26.0. The fourth-order valence-corrected chi connectivity index (χ4v) is 2.91. The molecule has 1 aromatic carbocycles. The molecule has 0 bridgehead atoms. The van der Waals surface area contributed by atoms with E-state index in [4.69, 9.17) is 16.2 Å². The molecule has 0 aliphatic carbocycles. The van der Waals surface area contributed by atoms with E-state index in [1.807, 2.05) is 0 Å². The number of nitrogens with one attached hydrogen (secondary N) is 3. The number of carbonyl (C=O) groups excluding carboxylic acids is 5. The number of aliphatic imine (C=N–C) groups is 1. The highest BCUT2D eigenvalue weighted by atomic mass is 16.5. The van der Waals surface area contributed by atoms with Crippen molar-refractivity contribution in [3.05, 3.63) is 35.9 Å². The molecule has 1 aliphatic heterocycles. The van der Waals surface area contributed by atoms with Gasteiger partial charge in [0.2, 0.25) is 11.8 Å². The molecule has 1 aromatic rings. The van der Waals surface area contributed by atoms with Crippen molar-refractivity contribution in [2.75, 3.05) is 13.1 Å². The number of nitrogens with two attached hydrogens (primary N) is 2. The number of nitrogens with zero attached hydrogens (tertiary/aromatic N) is 2. The SMILES string of the molecule is NC(N)=NC(=O)CC[C@@H]1NC(=O)N(CC(=O)NC[C@H](NC(=O)OCc2ccccc2)C(=O)O)C1=O. The highest BCUT2D eigenvalue weighted by Crippen LogP contribution is 2.11. The Morgan fingerprint density at radius 1 is 1.17 bits per heavy atom. The molecule has 1 heterocycles. The maximum absolute atomic E-state index is 12.4. The van der Waals surface area contributed by atoms with Gasteiger partial charge in [-0.1, -0.05) is 30.3 Å². The molecule has 0 spiro atoms. The lowest BCUT2D eigenvalue weighted by Crippen LogP contribution is -2.50. The van der Waals surface area contributed by atoms with Crippen molar-refractivity contribution in [1.29, 1.82) is 0 Å². The zero-order valence-corrected chi connectivity index (χ0v) is 18.4. The van der Waals surface area contributed by atoms with Gasteiger partial charge in [0.1, 0.15) is 25.2 Å². The normalized spacial score (nSPS) is 15.5. The Kier molecular flexibility index (Phi) is 9.50. The van der Waals surface area contributed by atoms with Crippen LogP contribution in [0.15, 0.2) is 35.3 Å². The van der Waals surface area contributed by atoms with Crippen LogP contribution in [-0.2, 0) is 30.5 Å². The van der Waals surface area contributed by atoms with Crippen molar-refractivity contribution in [1.82, 2.24) is 20.9 Å². The van der Waals surface area contributed by atoms with Gasteiger partial charge < -0.3 is 37.3 Å². The number of carboxylic acids is 1. The van der Waals surface area contributed by atoms with Gasteiger partial charge in [-0.3, -0.25) is 19.3 Å². The highest BCUT2D eigenvalue weighted by Gasteiger charge is 2.39. The molecular formula is C20H25N7O8. The first-order valence-electron chi connectivity index (χ1n) is 10.3. The molecule has 1 saturated heterocycles. The Bertz CT molecular complexity index is 1010. The monoisotopic (exact) mass is 491 g/mol. The van der Waals surface area contributed by atoms with E-state index < -0.39 is 66.9 Å². The Labute approximate surface area is 198 Å². The Balaban J connectivity index is 1.80. The largest absolute Gasteiger partial charge is 0.480 e. The number of hydrogen-bond donors (Lipinski definition) is 6. The number of benzene rings is 1. The number of hydrogen-bond acceptors (Lipinski definition) is 7. The third-order valence-electron chi connectivity index (χ3n) is 4.62. The molecule has 0 aromatic heterocycles. The molecule has 1 fully saturated rings. The molecule has 35 heavy (non-hydrogen) atoms. The van der Waals surface area contributed by atoms with Crippen molar-refractivity contribution >= 4 is 41.8 Å². The number of ether oxygens (including phenoxy) is 1. The topological polar surface area (TPSA) is 236 Å². The lowest BCUT2D eigenvalue weighted by Gasteiger charge is -2.17. The maximum Gasteiger partial charge on any atom is 0.408 e. The minimum Gasteiger partial charge on any atom is -0.480 e. The third-order valence-corrected chi connectivity index (χ3v) is 4.62. The van der Waals surface area contributed by atoms with E-state index in [9.17, 15) is 33.9 Å². The predicted molar refractivity (Wildman–Crippen MR) is 118 cm³/mol. The van der Waals surface area contributed by atoms with E-state index in [2.05, 4.69) is 20.9 Å². The number of amides is 6. The summed E-state index contributed by atoms with van der Waals surface area (Å²) in [5.74, 6) is -4.16. The van der Waals surface area contributed by atoms with Crippen molar-refractivity contribution in [2.24, 2.45) is 16.5 Å². The van der Waals surface area contributed by atoms with Crippen LogP contribution >= 0.6 is 0 Å². The Hall–Kier alpha value is -4.69. The fraction of sp³-hybridized carbons (Fsp3) is 0.350. The maximum atomic E-state index is 12.4. The number of aliphatic carboxylic acids is 1. The van der Waals surface area contributed by atoms with Crippen LogP contribution in [0.1, 0.15) is 18.4 Å². The molecule has 188 valence electrons. The lowest BCUT2D eigenvalue weighted by atomic mass is 10.1. The van der Waals surface area contributed by atoms with Crippen molar-refractivity contribution < 1.29 is 38.6 Å². The summed E-state index contributed by atoms with van der Waals surface area (Å²) in [6.45, 7) is -1.32. The van der Waals surface area contributed by atoms with Crippen LogP contribution < -0.4 is 27.4 Å². The lowest BCUT2D eigenvalue weighted by molar-refractivity contribution is -0.139. The smallest absolute Gasteiger partial charge is 0.408 e. The molecule has 1 aliphatic rings. The van der Waals surface area contributed by atoms with Gasteiger partial charge in [-0.2, -0.15) is 4.99 Å². The number of alkyl carbamates (subject to hydrolysis) is 1. The molecular weight excluding hydrogens is 466 g/mol. The quantitative estimate of drug-likeness (QED) is 0.113. The molecule has 2 atom stereocenters. The zero-order valence-electron chi connectivity index (χ0n) is 18.4. The van der Waals surface area contributed by atoms with E-state index in [0.717, 1.165) is 0 Å². The first-order valence-corrected chi connectivity index (χ1v) is 10.3.